The van der Waals surface area contributed by atoms with Crippen LogP contribution >= 0.6 is 0 Å². The first-order valence-corrected chi connectivity index (χ1v) is 7.48. The first-order chi connectivity index (χ1) is 10.2. The second kappa shape index (κ2) is 9.10. The number of hydrogen-bond acceptors (Lipinski definition) is 5. The van der Waals surface area contributed by atoms with Crippen LogP contribution in [0.2, 0.25) is 0 Å². The fraction of sp³-hybridized carbons (Fsp3) is 0.562. The summed E-state index contributed by atoms with van der Waals surface area (Å²) in [6.07, 6.45) is 0.649. The summed E-state index contributed by atoms with van der Waals surface area (Å²) in [6, 6.07) is 5.19. The normalized spacial score (nSPS) is 11.6. The van der Waals surface area contributed by atoms with Crippen molar-refractivity contribution in [3.8, 4) is 11.5 Å². The molecule has 0 aliphatic heterocycles. The Bertz CT molecular complexity index is 448. The van der Waals surface area contributed by atoms with Gasteiger partial charge < -0.3 is 19.5 Å². The quantitative estimate of drug-likeness (QED) is 0.709. The maximum absolute atomic E-state index is 11.8. The highest BCUT2D eigenvalue weighted by atomic mass is 16.5. The maximum Gasteiger partial charge on any atom is 0.328 e. The van der Waals surface area contributed by atoms with E-state index >= 15 is 0 Å². The molecule has 0 aromatic heterocycles. The third-order valence-corrected chi connectivity index (χ3v) is 2.86. The molecule has 0 spiro atoms. The monoisotopic (exact) mass is 295 g/mol. The lowest BCUT2D eigenvalue weighted by molar-refractivity contribution is -0.144. The van der Waals surface area contributed by atoms with Crippen molar-refractivity contribution in [1.82, 2.24) is 0 Å². The van der Waals surface area contributed by atoms with Crippen LogP contribution in [0.25, 0.3) is 0 Å². The van der Waals surface area contributed by atoms with Crippen LogP contribution in [-0.4, -0.2) is 31.8 Å². The van der Waals surface area contributed by atoms with Gasteiger partial charge in [-0.1, -0.05) is 6.92 Å². The van der Waals surface area contributed by atoms with Crippen molar-refractivity contribution in [2.75, 3.05) is 25.1 Å². The van der Waals surface area contributed by atoms with Gasteiger partial charge in [-0.25, -0.2) is 4.79 Å². The van der Waals surface area contributed by atoms with Gasteiger partial charge in [0.15, 0.2) is 11.5 Å². The molecule has 0 amide bonds. The van der Waals surface area contributed by atoms with Crippen LogP contribution in [-0.2, 0) is 9.53 Å². The van der Waals surface area contributed by atoms with E-state index in [9.17, 15) is 4.79 Å². The fourth-order valence-electron chi connectivity index (χ4n) is 1.91. The summed E-state index contributed by atoms with van der Waals surface area (Å²) in [4.78, 5) is 11.8. The van der Waals surface area contributed by atoms with Crippen LogP contribution in [0, 0.1) is 0 Å². The van der Waals surface area contributed by atoms with E-state index < -0.39 is 0 Å². The van der Waals surface area contributed by atoms with E-state index in [1.165, 1.54) is 0 Å². The topological polar surface area (TPSA) is 56.8 Å². The summed E-state index contributed by atoms with van der Waals surface area (Å²) < 4.78 is 16.1. The van der Waals surface area contributed by atoms with Gasteiger partial charge in [-0.05, 0) is 39.3 Å². The molecule has 0 bridgehead atoms. The molecule has 0 radical (unpaired) electrons. The van der Waals surface area contributed by atoms with Crippen LogP contribution in [0.4, 0.5) is 5.69 Å². The molecule has 0 aliphatic rings. The van der Waals surface area contributed by atoms with Crippen molar-refractivity contribution in [2.45, 2.75) is 40.2 Å². The Labute approximate surface area is 126 Å². The third-order valence-electron chi connectivity index (χ3n) is 2.86. The van der Waals surface area contributed by atoms with E-state index in [0.29, 0.717) is 37.7 Å². The zero-order chi connectivity index (χ0) is 15.7. The molecule has 1 aromatic rings. The van der Waals surface area contributed by atoms with Gasteiger partial charge in [0.25, 0.3) is 0 Å². The van der Waals surface area contributed by atoms with Crippen LogP contribution in [0.1, 0.15) is 34.1 Å². The number of anilines is 1. The van der Waals surface area contributed by atoms with Crippen molar-refractivity contribution < 1.29 is 19.0 Å². The van der Waals surface area contributed by atoms with E-state index in [4.69, 9.17) is 14.2 Å². The van der Waals surface area contributed by atoms with Crippen molar-refractivity contribution >= 4 is 11.7 Å². The molecule has 0 aliphatic carbocycles. The highest BCUT2D eigenvalue weighted by Crippen LogP contribution is 2.31. The van der Waals surface area contributed by atoms with Crippen molar-refractivity contribution in [2.24, 2.45) is 0 Å². The van der Waals surface area contributed by atoms with Gasteiger partial charge in [0.2, 0.25) is 0 Å². The molecule has 5 nitrogen and oxygen atoms in total. The lowest BCUT2D eigenvalue weighted by Gasteiger charge is -2.18. The summed E-state index contributed by atoms with van der Waals surface area (Å²) in [5.74, 6) is 1.13. The Kier molecular flexibility index (Phi) is 7.43. The van der Waals surface area contributed by atoms with E-state index in [1.54, 1.807) is 6.92 Å². The number of ether oxygens (including phenoxy) is 3. The Morgan fingerprint density at radius 3 is 2.29 bits per heavy atom. The lowest BCUT2D eigenvalue weighted by Crippen LogP contribution is -2.30. The largest absolute Gasteiger partial charge is 0.490 e. The van der Waals surface area contributed by atoms with Gasteiger partial charge in [-0.15, -0.1) is 0 Å². The van der Waals surface area contributed by atoms with Gasteiger partial charge in [0, 0.05) is 11.8 Å². The van der Waals surface area contributed by atoms with Gasteiger partial charge in [-0.3, -0.25) is 0 Å². The first kappa shape index (κ1) is 17.1. The van der Waals surface area contributed by atoms with Crippen LogP contribution in [0.5, 0.6) is 11.5 Å². The predicted octanol–water partition coefficient (Wildman–Crippen LogP) is 3.24. The number of carbonyl (C=O) groups is 1. The number of hydrogen-bond donors (Lipinski definition) is 1. The Balaban J connectivity index is 2.86. The number of nitrogens with one attached hydrogen (secondary N) is 1. The number of carbonyl (C=O) groups excluding carboxylic acids is 1. The minimum Gasteiger partial charge on any atom is -0.490 e. The Hall–Kier alpha value is -1.91. The molecule has 1 aromatic carbocycles. The average Bonchev–Trinajstić information content (AvgIpc) is 2.48. The summed E-state index contributed by atoms with van der Waals surface area (Å²) in [5.41, 5.74) is 0.807. The second-order valence-corrected chi connectivity index (χ2v) is 4.38. The van der Waals surface area contributed by atoms with Gasteiger partial charge in [0.1, 0.15) is 6.04 Å². The summed E-state index contributed by atoms with van der Waals surface area (Å²) in [7, 11) is 0. The molecular weight excluding hydrogens is 270 g/mol. The summed E-state index contributed by atoms with van der Waals surface area (Å²) in [5, 5.41) is 3.17. The van der Waals surface area contributed by atoms with Gasteiger partial charge in [0.05, 0.1) is 19.8 Å². The zero-order valence-corrected chi connectivity index (χ0v) is 13.3. The molecule has 1 unspecified atom stereocenters. The van der Waals surface area contributed by atoms with Crippen molar-refractivity contribution in [1.29, 1.82) is 0 Å². The maximum atomic E-state index is 11.8. The molecule has 21 heavy (non-hydrogen) atoms. The number of benzene rings is 1. The number of rotatable bonds is 9. The predicted molar refractivity (Wildman–Crippen MR) is 83.1 cm³/mol. The molecule has 118 valence electrons. The van der Waals surface area contributed by atoms with Gasteiger partial charge >= 0.3 is 5.97 Å². The fourth-order valence-corrected chi connectivity index (χ4v) is 1.91. The molecule has 0 fully saturated rings. The first-order valence-electron chi connectivity index (χ1n) is 7.48. The molecule has 0 saturated carbocycles. The number of esters is 1. The third kappa shape index (κ3) is 5.17. The molecule has 5 heteroatoms. The van der Waals surface area contributed by atoms with Gasteiger partial charge in [-0.2, -0.15) is 0 Å². The van der Waals surface area contributed by atoms with E-state index in [2.05, 4.69) is 5.32 Å². The summed E-state index contributed by atoms with van der Waals surface area (Å²) in [6.45, 7) is 9.09. The SMILES string of the molecule is CCOC(=O)C(CC)Nc1ccc(OCC)c(OCC)c1. The molecule has 1 N–H and O–H groups in total. The molecule has 0 saturated heterocycles. The molecule has 1 atom stereocenters. The summed E-state index contributed by atoms with van der Waals surface area (Å²) >= 11 is 0. The minimum absolute atomic E-state index is 0.244. The highest BCUT2D eigenvalue weighted by Gasteiger charge is 2.18. The molecular formula is C16H25NO4. The lowest BCUT2D eigenvalue weighted by atomic mass is 10.2. The van der Waals surface area contributed by atoms with E-state index in [1.807, 2.05) is 39.0 Å². The average molecular weight is 295 g/mol. The second-order valence-electron chi connectivity index (χ2n) is 4.38. The molecule has 1 rings (SSSR count). The highest BCUT2D eigenvalue weighted by molar-refractivity contribution is 5.79. The Morgan fingerprint density at radius 1 is 1.05 bits per heavy atom. The van der Waals surface area contributed by atoms with Crippen molar-refractivity contribution in [3.05, 3.63) is 18.2 Å². The zero-order valence-electron chi connectivity index (χ0n) is 13.3. The minimum atomic E-state index is -0.364. The Morgan fingerprint density at radius 2 is 1.71 bits per heavy atom. The van der Waals surface area contributed by atoms with E-state index in [-0.39, 0.29) is 12.0 Å². The van der Waals surface area contributed by atoms with Crippen LogP contribution in [0.15, 0.2) is 18.2 Å². The van der Waals surface area contributed by atoms with Crippen molar-refractivity contribution in [3.63, 3.8) is 0 Å². The smallest absolute Gasteiger partial charge is 0.328 e. The standard InChI is InChI=1S/C16H25NO4/c1-5-13(16(18)21-8-4)17-12-9-10-14(19-6-2)15(11-12)20-7-3/h9-11,13,17H,5-8H2,1-4H3. The molecule has 0 heterocycles. The van der Waals surface area contributed by atoms with E-state index in [0.717, 1.165) is 5.69 Å². The van der Waals surface area contributed by atoms with Crippen LogP contribution in [0.3, 0.4) is 0 Å². The van der Waals surface area contributed by atoms with Crippen LogP contribution < -0.4 is 14.8 Å².